The van der Waals surface area contributed by atoms with Gasteiger partial charge in [-0.15, -0.1) is 11.3 Å². The van der Waals surface area contributed by atoms with Gasteiger partial charge < -0.3 is 10.1 Å². The molecule has 2 aromatic carbocycles. The highest BCUT2D eigenvalue weighted by atomic mass is 32.2. The van der Waals surface area contributed by atoms with Crippen LogP contribution in [0.3, 0.4) is 0 Å². The zero-order chi connectivity index (χ0) is 21.2. The van der Waals surface area contributed by atoms with Gasteiger partial charge in [0.2, 0.25) is 0 Å². The molecule has 6 nitrogen and oxygen atoms in total. The predicted molar refractivity (Wildman–Crippen MR) is 118 cm³/mol. The first-order chi connectivity index (χ1) is 13.7. The third-order valence-corrected chi connectivity index (χ3v) is 6.96. The fourth-order valence-electron chi connectivity index (χ4n) is 3.09. The summed E-state index contributed by atoms with van der Waals surface area (Å²) in [7, 11) is -0.684. The number of sulfonamides is 1. The van der Waals surface area contributed by atoms with Crippen molar-refractivity contribution in [3.63, 3.8) is 0 Å². The largest absolute Gasteiger partial charge is 0.494 e. The smallest absolute Gasteiger partial charge is 0.264 e. The predicted octanol–water partition coefficient (Wildman–Crippen LogP) is 4.27. The number of ether oxygens (including phenoxy) is 1. The summed E-state index contributed by atoms with van der Waals surface area (Å²) in [6, 6.07) is 12.1. The minimum Gasteiger partial charge on any atom is -0.494 e. The standard InChI is InChI=1S/C21H24N2O4S2/c1-13(2)11-14-5-8-16(9-6-14)29(25,26)23-15-7-10-18-17(12-15)19(27-4)20(28-18)21(24)22-3/h5-10,12-13,23H,11H2,1-4H3,(H,22,24). The Morgan fingerprint density at radius 3 is 2.41 bits per heavy atom. The molecule has 0 spiro atoms. The number of anilines is 1. The summed E-state index contributed by atoms with van der Waals surface area (Å²) in [4.78, 5) is 12.7. The molecule has 2 N–H and O–H groups in total. The number of rotatable bonds is 7. The molecule has 29 heavy (non-hydrogen) atoms. The second kappa shape index (κ2) is 8.42. The summed E-state index contributed by atoms with van der Waals surface area (Å²) in [6.45, 7) is 4.24. The normalized spacial score (nSPS) is 11.6. The first-order valence-corrected chi connectivity index (χ1v) is 11.5. The Kier molecular flexibility index (Phi) is 6.14. The van der Waals surface area contributed by atoms with Crippen molar-refractivity contribution in [2.45, 2.75) is 25.2 Å². The van der Waals surface area contributed by atoms with E-state index in [-0.39, 0.29) is 10.8 Å². The van der Waals surface area contributed by atoms with Crippen LogP contribution in [0.1, 0.15) is 29.1 Å². The molecule has 3 rings (SSSR count). The van der Waals surface area contributed by atoms with Crippen LogP contribution in [-0.2, 0) is 16.4 Å². The quantitative estimate of drug-likeness (QED) is 0.584. The van der Waals surface area contributed by atoms with Crippen molar-refractivity contribution in [1.82, 2.24) is 5.32 Å². The molecule has 8 heteroatoms. The molecule has 0 radical (unpaired) electrons. The van der Waals surface area contributed by atoms with Gasteiger partial charge in [-0.1, -0.05) is 26.0 Å². The third-order valence-electron chi connectivity index (χ3n) is 4.41. The van der Waals surface area contributed by atoms with E-state index in [9.17, 15) is 13.2 Å². The van der Waals surface area contributed by atoms with E-state index in [0.29, 0.717) is 27.6 Å². The monoisotopic (exact) mass is 432 g/mol. The summed E-state index contributed by atoms with van der Waals surface area (Å²) >= 11 is 1.30. The molecule has 1 amide bonds. The van der Waals surface area contributed by atoms with Crippen LogP contribution in [0.5, 0.6) is 5.75 Å². The van der Waals surface area contributed by atoms with E-state index in [0.717, 1.165) is 16.7 Å². The molecule has 0 bridgehead atoms. The van der Waals surface area contributed by atoms with Crippen LogP contribution in [-0.4, -0.2) is 28.5 Å². The summed E-state index contributed by atoms with van der Waals surface area (Å²) in [5.74, 6) is 0.692. The fourth-order valence-corrected chi connectivity index (χ4v) is 5.24. The second-order valence-corrected chi connectivity index (χ2v) is 9.84. The zero-order valence-electron chi connectivity index (χ0n) is 16.8. The molecule has 0 fully saturated rings. The lowest BCUT2D eigenvalue weighted by Gasteiger charge is -2.10. The van der Waals surface area contributed by atoms with Crippen LogP contribution in [0.4, 0.5) is 5.69 Å². The van der Waals surface area contributed by atoms with E-state index in [2.05, 4.69) is 23.9 Å². The highest BCUT2D eigenvalue weighted by Gasteiger charge is 2.20. The van der Waals surface area contributed by atoms with E-state index in [1.165, 1.54) is 18.4 Å². The van der Waals surface area contributed by atoms with Crippen LogP contribution in [0, 0.1) is 5.92 Å². The van der Waals surface area contributed by atoms with Gasteiger partial charge in [-0.3, -0.25) is 9.52 Å². The Morgan fingerprint density at radius 2 is 1.83 bits per heavy atom. The van der Waals surface area contributed by atoms with Crippen molar-refractivity contribution < 1.29 is 17.9 Å². The molecule has 0 unspecified atom stereocenters. The lowest BCUT2D eigenvalue weighted by Crippen LogP contribution is -2.16. The average molecular weight is 433 g/mol. The van der Waals surface area contributed by atoms with Crippen LogP contribution in [0.15, 0.2) is 47.4 Å². The summed E-state index contributed by atoms with van der Waals surface area (Å²) in [6.07, 6.45) is 0.899. The van der Waals surface area contributed by atoms with Crippen molar-refractivity contribution in [3.05, 3.63) is 52.9 Å². The van der Waals surface area contributed by atoms with Gasteiger partial charge in [0, 0.05) is 22.8 Å². The molecule has 0 saturated heterocycles. The Labute approximate surface area is 175 Å². The van der Waals surface area contributed by atoms with E-state index >= 15 is 0 Å². The SMILES string of the molecule is CNC(=O)c1sc2ccc(NS(=O)(=O)c3ccc(CC(C)C)cc3)cc2c1OC. The van der Waals surface area contributed by atoms with Gasteiger partial charge in [-0.05, 0) is 48.2 Å². The number of hydrogen-bond acceptors (Lipinski definition) is 5. The maximum atomic E-state index is 12.8. The molecule has 154 valence electrons. The minimum atomic E-state index is -3.73. The molecule has 1 heterocycles. The van der Waals surface area contributed by atoms with E-state index in [4.69, 9.17) is 4.74 Å². The molecule has 0 aliphatic carbocycles. The number of nitrogens with one attached hydrogen (secondary N) is 2. The van der Waals surface area contributed by atoms with Gasteiger partial charge in [0.1, 0.15) is 10.6 Å². The first kappa shape index (κ1) is 21.1. The van der Waals surface area contributed by atoms with Gasteiger partial charge in [-0.25, -0.2) is 8.42 Å². The van der Waals surface area contributed by atoms with E-state index in [1.807, 2.05) is 12.1 Å². The Morgan fingerprint density at radius 1 is 1.14 bits per heavy atom. The minimum absolute atomic E-state index is 0.202. The third kappa shape index (κ3) is 4.54. The highest BCUT2D eigenvalue weighted by molar-refractivity contribution is 7.92. The number of hydrogen-bond donors (Lipinski definition) is 2. The highest BCUT2D eigenvalue weighted by Crippen LogP contribution is 2.39. The number of fused-ring (bicyclic) bond motifs is 1. The Hall–Kier alpha value is -2.58. The number of thiophene rings is 1. The molecular formula is C21H24N2O4S2. The fraction of sp³-hybridized carbons (Fsp3) is 0.286. The van der Waals surface area contributed by atoms with Crippen molar-refractivity contribution in [2.75, 3.05) is 18.9 Å². The van der Waals surface area contributed by atoms with Gasteiger partial charge in [-0.2, -0.15) is 0 Å². The zero-order valence-corrected chi connectivity index (χ0v) is 18.4. The topological polar surface area (TPSA) is 84.5 Å². The lowest BCUT2D eigenvalue weighted by molar-refractivity contribution is 0.0964. The van der Waals surface area contributed by atoms with Crippen LogP contribution < -0.4 is 14.8 Å². The van der Waals surface area contributed by atoms with E-state index < -0.39 is 10.0 Å². The maximum Gasteiger partial charge on any atom is 0.264 e. The van der Waals surface area contributed by atoms with Gasteiger partial charge >= 0.3 is 0 Å². The summed E-state index contributed by atoms with van der Waals surface area (Å²) in [5, 5.41) is 3.27. The van der Waals surface area contributed by atoms with Crippen molar-refractivity contribution in [1.29, 1.82) is 0 Å². The van der Waals surface area contributed by atoms with Crippen molar-refractivity contribution in [2.24, 2.45) is 5.92 Å². The second-order valence-electron chi connectivity index (χ2n) is 7.10. The number of methoxy groups -OCH3 is 1. The first-order valence-electron chi connectivity index (χ1n) is 9.19. The van der Waals surface area contributed by atoms with Crippen molar-refractivity contribution >= 4 is 43.0 Å². The van der Waals surface area contributed by atoms with Crippen LogP contribution in [0.25, 0.3) is 10.1 Å². The molecular weight excluding hydrogens is 408 g/mol. The summed E-state index contributed by atoms with van der Waals surface area (Å²) < 4.78 is 34.4. The Bertz CT molecular complexity index is 1130. The molecule has 3 aromatic rings. The number of carbonyl (C=O) groups excluding carboxylic acids is 1. The number of carbonyl (C=O) groups is 1. The molecule has 1 aromatic heterocycles. The lowest BCUT2D eigenvalue weighted by atomic mass is 10.0. The number of amides is 1. The average Bonchev–Trinajstić information content (AvgIpc) is 3.04. The molecule has 0 aliphatic rings. The van der Waals surface area contributed by atoms with Crippen molar-refractivity contribution in [3.8, 4) is 5.75 Å². The Balaban J connectivity index is 1.91. The number of benzene rings is 2. The van der Waals surface area contributed by atoms with Gasteiger partial charge in [0.15, 0.2) is 0 Å². The molecule has 0 aliphatic heterocycles. The van der Waals surface area contributed by atoms with Gasteiger partial charge in [0.25, 0.3) is 15.9 Å². The molecule has 0 saturated carbocycles. The summed E-state index contributed by atoms with van der Waals surface area (Å²) in [5.41, 5.74) is 1.51. The van der Waals surface area contributed by atoms with Gasteiger partial charge in [0.05, 0.1) is 12.0 Å². The molecule has 0 atom stereocenters. The van der Waals surface area contributed by atoms with Crippen LogP contribution in [0.2, 0.25) is 0 Å². The van der Waals surface area contributed by atoms with Crippen LogP contribution >= 0.6 is 11.3 Å². The maximum absolute atomic E-state index is 12.8. The van der Waals surface area contributed by atoms with E-state index in [1.54, 1.807) is 37.4 Å².